The summed E-state index contributed by atoms with van der Waals surface area (Å²) in [6.45, 7) is -0.0691. The van der Waals surface area contributed by atoms with E-state index in [1.54, 1.807) is 49.6 Å². The third-order valence-corrected chi connectivity index (χ3v) is 5.34. The second-order valence-corrected chi connectivity index (χ2v) is 7.50. The molecule has 31 heavy (non-hydrogen) atoms. The van der Waals surface area contributed by atoms with E-state index in [1.165, 1.54) is 18.9 Å². The largest absolute Gasteiger partial charge is 0.493 e. The number of anilines is 1. The van der Waals surface area contributed by atoms with Crippen molar-refractivity contribution < 1.29 is 23.8 Å². The summed E-state index contributed by atoms with van der Waals surface area (Å²) >= 11 is 1.42. The highest BCUT2D eigenvalue weighted by Crippen LogP contribution is 2.29. The van der Waals surface area contributed by atoms with Crippen LogP contribution in [0.3, 0.4) is 0 Å². The van der Waals surface area contributed by atoms with E-state index in [0.717, 1.165) is 4.90 Å². The zero-order chi connectivity index (χ0) is 22.1. The number of amides is 1. The van der Waals surface area contributed by atoms with Gasteiger partial charge in [-0.1, -0.05) is 18.2 Å². The molecule has 3 aromatic carbocycles. The van der Waals surface area contributed by atoms with Gasteiger partial charge in [0.15, 0.2) is 23.9 Å². The summed E-state index contributed by atoms with van der Waals surface area (Å²) in [6, 6.07) is 21.6. The molecule has 0 saturated carbocycles. The topological polar surface area (TPSA) is 73.9 Å². The first-order valence-corrected chi connectivity index (χ1v) is 10.5. The third kappa shape index (κ3) is 6.52. The molecule has 160 valence electrons. The normalized spacial score (nSPS) is 10.3. The standard InChI is InChI=1S/C24H23NO5S/c1-28-22-13-8-17(14-23(22)29-2)21(26)16-31-20-11-9-18(10-12-20)25-24(27)15-30-19-6-4-3-5-7-19/h3-14H,15-16H2,1-2H3,(H,25,27). The number of nitrogens with one attached hydrogen (secondary N) is 1. The average molecular weight is 438 g/mol. The van der Waals surface area contributed by atoms with Gasteiger partial charge in [0.05, 0.1) is 20.0 Å². The Hall–Kier alpha value is -3.45. The van der Waals surface area contributed by atoms with Crippen LogP contribution < -0.4 is 19.5 Å². The molecular weight excluding hydrogens is 414 g/mol. The third-order valence-electron chi connectivity index (χ3n) is 4.33. The Bertz CT molecular complexity index is 1020. The molecule has 1 amide bonds. The predicted octanol–water partition coefficient (Wildman–Crippen LogP) is 4.70. The van der Waals surface area contributed by atoms with Crippen molar-refractivity contribution in [3.8, 4) is 17.2 Å². The molecule has 0 unspecified atom stereocenters. The molecule has 0 heterocycles. The molecule has 6 nitrogen and oxygen atoms in total. The molecule has 1 N–H and O–H groups in total. The van der Waals surface area contributed by atoms with Gasteiger partial charge in [0.2, 0.25) is 0 Å². The van der Waals surface area contributed by atoms with Crippen LogP contribution in [0.4, 0.5) is 5.69 Å². The number of para-hydroxylation sites is 1. The lowest BCUT2D eigenvalue weighted by Gasteiger charge is -2.09. The molecule has 3 rings (SSSR count). The average Bonchev–Trinajstić information content (AvgIpc) is 2.82. The quantitative estimate of drug-likeness (QED) is 0.366. The minimum absolute atomic E-state index is 0.0126. The summed E-state index contributed by atoms with van der Waals surface area (Å²) < 4.78 is 15.9. The second-order valence-electron chi connectivity index (χ2n) is 6.46. The van der Waals surface area contributed by atoms with E-state index >= 15 is 0 Å². The summed E-state index contributed by atoms with van der Waals surface area (Å²) in [6.07, 6.45) is 0. The summed E-state index contributed by atoms with van der Waals surface area (Å²) in [5.41, 5.74) is 1.23. The van der Waals surface area contributed by atoms with E-state index in [2.05, 4.69) is 5.32 Å². The number of benzene rings is 3. The fourth-order valence-electron chi connectivity index (χ4n) is 2.74. The SMILES string of the molecule is COc1ccc(C(=O)CSc2ccc(NC(=O)COc3ccccc3)cc2)cc1OC. The van der Waals surface area contributed by atoms with Crippen LogP contribution in [0.25, 0.3) is 0 Å². The maximum Gasteiger partial charge on any atom is 0.262 e. The maximum atomic E-state index is 12.5. The Morgan fingerprint density at radius 3 is 2.26 bits per heavy atom. The number of hydrogen-bond donors (Lipinski definition) is 1. The minimum Gasteiger partial charge on any atom is -0.493 e. The van der Waals surface area contributed by atoms with E-state index < -0.39 is 0 Å². The van der Waals surface area contributed by atoms with Crippen LogP contribution in [-0.4, -0.2) is 38.3 Å². The summed E-state index contributed by atoms with van der Waals surface area (Å²) in [4.78, 5) is 25.5. The molecule has 0 saturated heterocycles. The lowest BCUT2D eigenvalue weighted by molar-refractivity contribution is -0.118. The van der Waals surface area contributed by atoms with Gasteiger partial charge in [-0.05, 0) is 54.6 Å². The van der Waals surface area contributed by atoms with Crippen molar-refractivity contribution in [2.24, 2.45) is 0 Å². The van der Waals surface area contributed by atoms with E-state index in [9.17, 15) is 9.59 Å². The van der Waals surface area contributed by atoms with Crippen molar-refractivity contribution in [3.63, 3.8) is 0 Å². The van der Waals surface area contributed by atoms with Gasteiger partial charge < -0.3 is 19.5 Å². The molecule has 0 fully saturated rings. The fourth-order valence-corrected chi connectivity index (χ4v) is 3.53. The van der Waals surface area contributed by atoms with Gasteiger partial charge in [0.25, 0.3) is 5.91 Å². The molecule has 0 bridgehead atoms. The first kappa shape index (κ1) is 22.2. The van der Waals surface area contributed by atoms with E-state index in [0.29, 0.717) is 28.5 Å². The van der Waals surface area contributed by atoms with Crippen LogP contribution in [0.2, 0.25) is 0 Å². The molecule has 7 heteroatoms. The zero-order valence-electron chi connectivity index (χ0n) is 17.3. The van der Waals surface area contributed by atoms with Crippen LogP contribution in [0, 0.1) is 0 Å². The summed E-state index contributed by atoms with van der Waals surface area (Å²) in [5.74, 6) is 1.78. The zero-order valence-corrected chi connectivity index (χ0v) is 18.1. The Kier molecular flexibility index (Phi) is 7.95. The van der Waals surface area contributed by atoms with Crippen molar-refractivity contribution in [2.45, 2.75) is 4.90 Å². The van der Waals surface area contributed by atoms with Crippen LogP contribution in [0.1, 0.15) is 10.4 Å². The van der Waals surface area contributed by atoms with Gasteiger partial charge in [-0.2, -0.15) is 0 Å². The molecular formula is C24H23NO5S. The van der Waals surface area contributed by atoms with Crippen molar-refractivity contribution in [2.75, 3.05) is 31.9 Å². The molecule has 0 atom stereocenters. The van der Waals surface area contributed by atoms with Gasteiger partial charge in [0, 0.05) is 16.1 Å². The number of ketones is 1. The highest BCUT2D eigenvalue weighted by Gasteiger charge is 2.11. The summed E-state index contributed by atoms with van der Waals surface area (Å²) in [7, 11) is 3.09. The first-order valence-electron chi connectivity index (χ1n) is 9.55. The molecule has 0 aliphatic heterocycles. The fraction of sp³-hybridized carbons (Fsp3) is 0.167. The molecule has 0 radical (unpaired) electrons. The number of methoxy groups -OCH3 is 2. The van der Waals surface area contributed by atoms with E-state index in [4.69, 9.17) is 14.2 Å². The molecule has 0 spiro atoms. The number of carbonyl (C=O) groups excluding carboxylic acids is 2. The van der Waals surface area contributed by atoms with Gasteiger partial charge in [0.1, 0.15) is 5.75 Å². The number of ether oxygens (including phenoxy) is 3. The predicted molar refractivity (Wildman–Crippen MR) is 122 cm³/mol. The highest BCUT2D eigenvalue weighted by molar-refractivity contribution is 8.00. The number of hydrogen-bond acceptors (Lipinski definition) is 6. The smallest absolute Gasteiger partial charge is 0.262 e. The van der Waals surface area contributed by atoms with Crippen LogP contribution >= 0.6 is 11.8 Å². The maximum absolute atomic E-state index is 12.5. The Balaban J connectivity index is 1.49. The number of rotatable bonds is 10. The number of thioether (sulfide) groups is 1. The highest BCUT2D eigenvalue weighted by atomic mass is 32.2. The van der Waals surface area contributed by atoms with E-state index in [-0.39, 0.29) is 24.1 Å². The van der Waals surface area contributed by atoms with Crippen LogP contribution in [0.15, 0.2) is 77.7 Å². The monoisotopic (exact) mass is 437 g/mol. The van der Waals surface area contributed by atoms with Crippen LogP contribution in [0.5, 0.6) is 17.2 Å². The summed E-state index contributed by atoms with van der Waals surface area (Å²) in [5, 5.41) is 2.79. The van der Waals surface area contributed by atoms with Gasteiger partial charge in [-0.3, -0.25) is 9.59 Å². The lowest BCUT2D eigenvalue weighted by Crippen LogP contribution is -2.20. The number of carbonyl (C=O) groups is 2. The van der Waals surface area contributed by atoms with Gasteiger partial charge in [-0.15, -0.1) is 11.8 Å². The van der Waals surface area contributed by atoms with Crippen molar-refractivity contribution >= 4 is 29.1 Å². The number of Topliss-reactive ketones (excluding diaryl/α,β-unsaturated/α-hetero) is 1. The van der Waals surface area contributed by atoms with Gasteiger partial charge >= 0.3 is 0 Å². The van der Waals surface area contributed by atoms with E-state index in [1.807, 2.05) is 30.3 Å². The van der Waals surface area contributed by atoms with Crippen molar-refractivity contribution in [1.82, 2.24) is 0 Å². The lowest BCUT2D eigenvalue weighted by atomic mass is 10.1. The molecule has 0 aromatic heterocycles. The Labute approximate surface area is 185 Å². The molecule has 0 aliphatic rings. The first-order chi connectivity index (χ1) is 15.1. The second kappa shape index (κ2) is 11.1. The Morgan fingerprint density at radius 2 is 1.58 bits per heavy atom. The van der Waals surface area contributed by atoms with Crippen molar-refractivity contribution in [1.29, 1.82) is 0 Å². The molecule has 3 aromatic rings. The van der Waals surface area contributed by atoms with Crippen molar-refractivity contribution in [3.05, 3.63) is 78.4 Å². The Morgan fingerprint density at radius 1 is 0.871 bits per heavy atom. The van der Waals surface area contributed by atoms with Crippen LogP contribution in [-0.2, 0) is 4.79 Å². The minimum atomic E-state index is -0.243. The molecule has 0 aliphatic carbocycles. The van der Waals surface area contributed by atoms with Gasteiger partial charge in [-0.25, -0.2) is 0 Å².